The van der Waals surface area contributed by atoms with Crippen molar-refractivity contribution in [1.29, 1.82) is 0 Å². The number of non-ortho nitro benzene ring substituents is 1. The molecule has 0 saturated heterocycles. The van der Waals surface area contributed by atoms with Crippen LogP contribution in [-0.4, -0.2) is 34.5 Å². The van der Waals surface area contributed by atoms with Gasteiger partial charge in [0.2, 0.25) is 0 Å². The maximum atomic E-state index is 12.5. The minimum atomic E-state index is -4.57. The van der Waals surface area contributed by atoms with Gasteiger partial charge in [0.15, 0.2) is 0 Å². The summed E-state index contributed by atoms with van der Waals surface area (Å²) in [5.74, 6) is -0.997. The van der Waals surface area contributed by atoms with Gasteiger partial charge < -0.3 is 10.6 Å². The van der Waals surface area contributed by atoms with E-state index in [1.54, 1.807) is 0 Å². The minimum Gasteiger partial charge on any atom is -0.398 e. The third kappa shape index (κ3) is 4.33. The minimum absolute atomic E-state index is 0.113. The Kier molecular flexibility index (Phi) is 4.77. The molecule has 2 N–H and O–H groups in total. The lowest BCUT2D eigenvalue weighted by molar-refractivity contribution is -0.384. The summed E-state index contributed by atoms with van der Waals surface area (Å²) in [6.45, 7) is 1.37. The molecular weight excluding hydrogens is 291 g/mol. The predicted molar refractivity (Wildman–Crippen MR) is 69.7 cm³/mol. The molecule has 1 aromatic carbocycles. The zero-order valence-corrected chi connectivity index (χ0v) is 11.3. The highest BCUT2D eigenvalue weighted by molar-refractivity contribution is 6.00. The maximum Gasteiger partial charge on any atom is 0.406 e. The van der Waals surface area contributed by atoms with Crippen LogP contribution in [0.4, 0.5) is 24.5 Å². The van der Waals surface area contributed by atoms with E-state index in [2.05, 4.69) is 0 Å². The molecule has 0 aliphatic rings. The summed E-state index contributed by atoms with van der Waals surface area (Å²) in [6.07, 6.45) is -4.57. The Morgan fingerprint density at radius 3 is 2.43 bits per heavy atom. The first kappa shape index (κ1) is 16.7. The zero-order valence-electron chi connectivity index (χ0n) is 11.3. The highest BCUT2D eigenvalue weighted by Gasteiger charge is 2.35. The van der Waals surface area contributed by atoms with Crippen LogP contribution >= 0.6 is 0 Å². The second-order valence-corrected chi connectivity index (χ2v) is 4.67. The second kappa shape index (κ2) is 5.98. The van der Waals surface area contributed by atoms with Gasteiger partial charge in [0, 0.05) is 23.9 Å². The quantitative estimate of drug-likeness (QED) is 0.526. The molecule has 1 aromatic rings. The number of amides is 1. The molecule has 1 rings (SSSR count). The molecule has 0 spiro atoms. The van der Waals surface area contributed by atoms with Crippen molar-refractivity contribution >= 4 is 17.3 Å². The molecule has 0 aliphatic heterocycles. The highest BCUT2D eigenvalue weighted by Crippen LogP contribution is 2.24. The van der Waals surface area contributed by atoms with Gasteiger partial charge in [-0.25, -0.2) is 0 Å². The molecule has 0 aromatic heterocycles. The molecule has 0 radical (unpaired) electrons. The lowest BCUT2D eigenvalue weighted by Crippen LogP contribution is -2.43. The number of halogens is 3. The van der Waals surface area contributed by atoms with E-state index in [1.807, 2.05) is 0 Å². The van der Waals surface area contributed by atoms with Crippen LogP contribution in [0.1, 0.15) is 24.2 Å². The number of anilines is 1. The van der Waals surface area contributed by atoms with Gasteiger partial charge >= 0.3 is 6.18 Å². The van der Waals surface area contributed by atoms with Gasteiger partial charge in [0.1, 0.15) is 6.54 Å². The van der Waals surface area contributed by atoms with E-state index in [9.17, 15) is 28.1 Å². The van der Waals surface area contributed by atoms with Gasteiger partial charge in [-0.1, -0.05) is 0 Å². The molecule has 0 heterocycles. The number of rotatable bonds is 4. The zero-order chi connectivity index (χ0) is 16.4. The first-order valence-corrected chi connectivity index (χ1v) is 5.94. The van der Waals surface area contributed by atoms with Gasteiger partial charge in [0.05, 0.1) is 10.5 Å². The summed E-state index contributed by atoms with van der Waals surface area (Å²) < 4.78 is 37.6. The number of hydrogen-bond donors (Lipinski definition) is 1. The van der Waals surface area contributed by atoms with Crippen molar-refractivity contribution in [3.8, 4) is 0 Å². The Balaban J connectivity index is 3.20. The van der Waals surface area contributed by atoms with Gasteiger partial charge in [-0.05, 0) is 19.9 Å². The normalized spacial score (nSPS) is 11.5. The first-order valence-electron chi connectivity index (χ1n) is 5.94. The molecule has 0 aliphatic carbocycles. The fourth-order valence-electron chi connectivity index (χ4n) is 1.68. The average molecular weight is 305 g/mol. The number of nitrogens with zero attached hydrogens (tertiary/aromatic N) is 2. The number of nitro benzene ring substituents is 1. The Hall–Kier alpha value is -2.32. The summed E-state index contributed by atoms with van der Waals surface area (Å²) >= 11 is 0. The molecule has 0 atom stereocenters. The van der Waals surface area contributed by atoms with Crippen LogP contribution in [0.15, 0.2) is 18.2 Å². The van der Waals surface area contributed by atoms with Crippen molar-refractivity contribution in [2.75, 3.05) is 12.3 Å². The van der Waals surface area contributed by atoms with Crippen molar-refractivity contribution < 1.29 is 22.9 Å². The van der Waals surface area contributed by atoms with Gasteiger partial charge in [-0.2, -0.15) is 13.2 Å². The van der Waals surface area contributed by atoms with E-state index in [4.69, 9.17) is 5.73 Å². The molecule has 1 amide bonds. The summed E-state index contributed by atoms with van der Waals surface area (Å²) in [5, 5.41) is 10.7. The SMILES string of the molecule is CC(C)N(CC(F)(F)F)C(=O)c1cc([N+](=O)[O-])ccc1N. The summed E-state index contributed by atoms with van der Waals surface area (Å²) in [7, 11) is 0. The predicted octanol–water partition coefficient (Wildman–Crippen LogP) is 2.59. The fourth-order valence-corrected chi connectivity index (χ4v) is 1.68. The number of hydrogen-bond acceptors (Lipinski definition) is 4. The molecule has 116 valence electrons. The van der Waals surface area contributed by atoms with Crippen molar-refractivity contribution in [3.05, 3.63) is 33.9 Å². The van der Waals surface area contributed by atoms with E-state index in [-0.39, 0.29) is 11.3 Å². The molecule has 0 fully saturated rings. The van der Waals surface area contributed by atoms with Crippen LogP contribution in [0, 0.1) is 10.1 Å². The van der Waals surface area contributed by atoms with Crippen LogP contribution in [-0.2, 0) is 0 Å². The molecule has 21 heavy (non-hydrogen) atoms. The number of carbonyl (C=O) groups is 1. The third-order valence-corrected chi connectivity index (χ3v) is 2.71. The van der Waals surface area contributed by atoms with Gasteiger partial charge in [0.25, 0.3) is 11.6 Å². The van der Waals surface area contributed by atoms with Crippen LogP contribution in [0.25, 0.3) is 0 Å². The third-order valence-electron chi connectivity index (χ3n) is 2.71. The Labute approximate surface area is 118 Å². The van der Waals surface area contributed by atoms with Crippen molar-refractivity contribution in [1.82, 2.24) is 4.90 Å². The number of benzene rings is 1. The Morgan fingerprint density at radius 2 is 2.00 bits per heavy atom. The monoisotopic (exact) mass is 305 g/mol. The average Bonchev–Trinajstić information content (AvgIpc) is 2.34. The van der Waals surface area contributed by atoms with Crippen LogP contribution < -0.4 is 5.73 Å². The van der Waals surface area contributed by atoms with E-state index in [0.717, 1.165) is 18.2 Å². The Morgan fingerprint density at radius 1 is 1.43 bits per heavy atom. The van der Waals surface area contributed by atoms with E-state index in [1.165, 1.54) is 13.8 Å². The second-order valence-electron chi connectivity index (χ2n) is 4.67. The number of alkyl halides is 3. The van der Waals surface area contributed by atoms with E-state index < -0.39 is 35.3 Å². The molecule has 0 unspecified atom stereocenters. The van der Waals surface area contributed by atoms with Crippen molar-refractivity contribution in [3.63, 3.8) is 0 Å². The smallest absolute Gasteiger partial charge is 0.398 e. The number of nitrogens with two attached hydrogens (primary N) is 1. The molecule has 0 saturated carbocycles. The van der Waals surface area contributed by atoms with Crippen LogP contribution in [0.5, 0.6) is 0 Å². The number of nitro groups is 1. The topological polar surface area (TPSA) is 89.5 Å². The standard InChI is InChI=1S/C12H14F3N3O3/c1-7(2)17(6-12(13,14)15)11(19)9-5-8(18(20)21)3-4-10(9)16/h3-5,7H,6,16H2,1-2H3. The lowest BCUT2D eigenvalue weighted by atomic mass is 10.1. The summed E-state index contributed by atoms with van der Waals surface area (Å²) in [5.41, 5.74) is 4.70. The Bertz CT molecular complexity index is 558. The van der Waals surface area contributed by atoms with Crippen LogP contribution in [0.2, 0.25) is 0 Å². The first-order chi connectivity index (χ1) is 9.53. The molecule has 9 heteroatoms. The van der Waals surface area contributed by atoms with Gasteiger partial charge in [-0.15, -0.1) is 0 Å². The molecule has 6 nitrogen and oxygen atoms in total. The lowest BCUT2D eigenvalue weighted by Gasteiger charge is -2.28. The largest absolute Gasteiger partial charge is 0.406 e. The van der Waals surface area contributed by atoms with E-state index >= 15 is 0 Å². The highest BCUT2D eigenvalue weighted by atomic mass is 19.4. The van der Waals surface area contributed by atoms with Gasteiger partial charge in [-0.3, -0.25) is 14.9 Å². The fraction of sp³-hybridized carbons (Fsp3) is 0.417. The summed E-state index contributed by atoms with van der Waals surface area (Å²) in [4.78, 5) is 22.7. The van der Waals surface area contributed by atoms with Crippen LogP contribution in [0.3, 0.4) is 0 Å². The summed E-state index contributed by atoms with van der Waals surface area (Å²) in [6, 6.07) is 2.34. The van der Waals surface area contributed by atoms with E-state index in [0.29, 0.717) is 4.90 Å². The number of carbonyl (C=O) groups excluding carboxylic acids is 1. The molecule has 0 bridgehead atoms. The molecular formula is C12H14F3N3O3. The van der Waals surface area contributed by atoms with Crippen molar-refractivity contribution in [2.24, 2.45) is 0 Å². The number of nitrogen functional groups attached to an aromatic ring is 1. The maximum absolute atomic E-state index is 12.5. The van der Waals surface area contributed by atoms with Crippen molar-refractivity contribution in [2.45, 2.75) is 26.1 Å².